The Balaban J connectivity index is 1.93. The summed E-state index contributed by atoms with van der Waals surface area (Å²) in [7, 11) is 0. The third-order valence-electron chi connectivity index (χ3n) is 3.65. The van der Waals surface area contributed by atoms with Crippen LogP contribution in [0.3, 0.4) is 0 Å². The van der Waals surface area contributed by atoms with Crippen molar-refractivity contribution < 1.29 is 5.11 Å². The van der Waals surface area contributed by atoms with Crippen molar-refractivity contribution in [3.05, 3.63) is 102 Å². The first-order chi connectivity index (χ1) is 11.3. The molecule has 0 aliphatic carbocycles. The first-order valence-corrected chi connectivity index (χ1v) is 7.48. The molecule has 0 heterocycles. The summed E-state index contributed by atoms with van der Waals surface area (Å²) < 4.78 is 0. The predicted molar refractivity (Wildman–Crippen MR) is 94.4 cm³/mol. The lowest BCUT2D eigenvalue weighted by Crippen LogP contribution is -2.29. The molecule has 3 aromatic rings. The lowest BCUT2D eigenvalue weighted by Gasteiger charge is -2.25. The second-order valence-corrected chi connectivity index (χ2v) is 5.23. The van der Waals surface area contributed by atoms with E-state index in [2.05, 4.69) is 10.5 Å². The molecule has 0 saturated heterocycles. The second kappa shape index (κ2) is 6.90. The van der Waals surface area contributed by atoms with E-state index >= 15 is 0 Å². The van der Waals surface area contributed by atoms with E-state index in [9.17, 15) is 5.11 Å². The standard InChI is InChI=1S/C20H18N2O/c23-20(17-10-4-1-5-11-17,18-12-6-2-7-13-18)16-21-22-19-14-8-3-9-15-19/h1-16,22-23H. The highest BCUT2D eigenvalue weighted by Crippen LogP contribution is 2.27. The highest BCUT2D eigenvalue weighted by atomic mass is 16.3. The fraction of sp³-hybridized carbons (Fsp3) is 0.0500. The number of hydrogen-bond acceptors (Lipinski definition) is 3. The van der Waals surface area contributed by atoms with Gasteiger partial charge < -0.3 is 5.11 Å². The fourth-order valence-corrected chi connectivity index (χ4v) is 2.41. The van der Waals surface area contributed by atoms with Gasteiger partial charge in [-0.1, -0.05) is 78.9 Å². The number of aliphatic hydroxyl groups is 1. The van der Waals surface area contributed by atoms with E-state index in [1.165, 1.54) is 6.21 Å². The van der Waals surface area contributed by atoms with Gasteiger partial charge in [-0.05, 0) is 23.3 Å². The van der Waals surface area contributed by atoms with Crippen molar-refractivity contribution in [1.82, 2.24) is 0 Å². The molecule has 0 saturated carbocycles. The van der Waals surface area contributed by atoms with Crippen LogP contribution in [0.2, 0.25) is 0 Å². The molecule has 0 unspecified atom stereocenters. The Morgan fingerprint density at radius 3 is 1.61 bits per heavy atom. The van der Waals surface area contributed by atoms with Crippen LogP contribution in [0.1, 0.15) is 11.1 Å². The highest BCUT2D eigenvalue weighted by Gasteiger charge is 2.29. The Kier molecular flexibility index (Phi) is 4.50. The number of anilines is 1. The molecule has 0 aromatic heterocycles. The minimum Gasteiger partial charge on any atom is -0.375 e. The zero-order valence-corrected chi connectivity index (χ0v) is 12.6. The minimum atomic E-state index is -1.29. The smallest absolute Gasteiger partial charge is 0.152 e. The van der Waals surface area contributed by atoms with Crippen LogP contribution in [0.25, 0.3) is 0 Å². The van der Waals surface area contributed by atoms with Crippen LogP contribution in [0.5, 0.6) is 0 Å². The lowest BCUT2D eigenvalue weighted by molar-refractivity contribution is 0.161. The zero-order chi connectivity index (χ0) is 16.0. The Bertz CT molecular complexity index is 716. The molecule has 0 aliphatic rings. The van der Waals surface area contributed by atoms with Crippen LogP contribution in [-0.4, -0.2) is 11.3 Å². The SMILES string of the molecule is OC(C=NNc1ccccc1)(c1ccccc1)c1ccccc1. The molecule has 114 valence electrons. The van der Waals surface area contributed by atoms with Crippen LogP contribution in [0.4, 0.5) is 5.69 Å². The van der Waals surface area contributed by atoms with Crippen molar-refractivity contribution in [2.75, 3.05) is 5.43 Å². The molecule has 2 N–H and O–H groups in total. The van der Waals surface area contributed by atoms with Gasteiger partial charge in [-0.2, -0.15) is 5.10 Å². The van der Waals surface area contributed by atoms with E-state index in [0.717, 1.165) is 16.8 Å². The number of hydrazone groups is 1. The summed E-state index contributed by atoms with van der Waals surface area (Å²) in [6, 6.07) is 28.7. The van der Waals surface area contributed by atoms with E-state index < -0.39 is 5.60 Å². The first kappa shape index (κ1) is 15.0. The maximum absolute atomic E-state index is 11.2. The van der Waals surface area contributed by atoms with Gasteiger partial charge >= 0.3 is 0 Å². The number of nitrogens with zero attached hydrogens (tertiary/aromatic N) is 1. The van der Waals surface area contributed by atoms with Crippen molar-refractivity contribution in [1.29, 1.82) is 0 Å². The van der Waals surface area contributed by atoms with Crippen LogP contribution in [-0.2, 0) is 5.60 Å². The van der Waals surface area contributed by atoms with Gasteiger partial charge in [-0.3, -0.25) is 5.43 Å². The summed E-state index contributed by atoms with van der Waals surface area (Å²) in [4.78, 5) is 0. The minimum absolute atomic E-state index is 0.768. The molecule has 0 bridgehead atoms. The van der Waals surface area contributed by atoms with Gasteiger partial charge in [0.15, 0.2) is 5.60 Å². The first-order valence-electron chi connectivity index (χ1n) is 7.48. The number of hydrogen-bond donors (Lipinski definition) is 2. The number of rotatable bonds is 5. The molecule has 0 amide bonds. The highest BCUT2D eigenvalue weighted by molar-refractivity contribution is 5.77. The Morgan fingerprint density at radius 2 is 1.13 bits per heavy atom. The van der Waals surface area contributed by atoms with Crippen LogP contribution < -0.4 is 5.43 Å². The maximum atomic E-state index is 11.2. The van der Waals surface area contributed by atoms with Gasteiger partial charge in [-0.15, -0.1) is 0 Å². The van der Waals surface area contributed by atoms with Crippen molar-refractivity contribution in [2.24, 2.45) is 5.10 Å². The molecule has 3 heteroatoms. The number of nitrogens with one attached hydrogen (secondary N) is 1. The van der Waals surface area contributed by atoms with E-state index in [1.54, 1.807) is 0 Å². The van der Waals surface area contributed by atoms with Gasteiger partial charge in [0, 0.05) is 0 Å². The maximum Gasteiger partial charge on any atom is 0.152 e. The molecule has 0 fully saturated rings. The summed E-state index contributed by atoms with van der Waals surface area (Å²) in [6.07, 6.45) is 1.53. The summed E-state index contributed by atoms with van der Waals surface area (Å²) in [5.41, 5.74) is 4.07. The normalized spacial score (nSPS) is 11.5. The molecule has 23 heavy (non-hydrogen) atoms. The summed E-state index contributed by atoms with van der Waals surface area (Å²) >= 11 is 0. The van der Waals surface area contributed by atoms with E-state index in [1.807, 2.05) is 91.0 Å². The van der Waals surface area contributed by atoms with Crippen molar-refractivity contribution in [2.45, 2.75) is 5.60 Å². The molecule has 3 aromatic carbocycles. The molecule has 0 aliphatic heterocycles. The molecular formula is C20H18N2O. The fourth-order valence-electron chi connectivity index (χ4n) is 2.41. The van der Waals surface area contributed by atoms with Gasteiger partial charge in [-0.25, -0.2) is 0 Å². The molecule has 3 rings (SSSR count). The molecule has 0 radical (unpaired) electrons. The average Bonchev–Trinajstić information content (AvgIpc) is 2.64. The van der Waals surface area contributed by atoms with E-state index in [4.69, 9.17) is 0 Å². The topological polar surface area (TPSA) is 44.6 Å². The Labute approximate surface area is 135 Å². The zero-order valence-electron chi connectivity index (χ0n) is 12.6. The largest absolute Gasteiger partial charge is 0.375 e. The predicted octanol–water partition coefficient (Wildman–Crippen LogP) is 4.02. The van der Waals surface area contributed by atoms with Gasteiger partial charge in [0.2, 0.25) is 0 Å². The Morgan fingerprint density at radius 1 is 0.696 bits per heavy atom. The third-order valence-corrected chi connectivity index (χ3v) is 3.65. The Hall–Kier alpha value is -2.91. The quantitative estimate of drug-likeness (QED) is 0.552. The van der Waals surface area contributed by atoms with Gasteiger partial charge in [0.05, 0.1) is 11.9 Å². The molecular weight excluding hydrogens is 284 g/mol. The lowest BCUT2D eigenvalue weighted by atomic mass is 9.87. The summed E-state index contributed by atoms with van der Waals surface area (Å²) in [5.74, 6) is 0. The number of benzene rings is 3. The summed E-state index contributed by atoms with van der Waals surface area (Å²) in [5, 5.41) is 15.5. The molecule has 0 atom stereocenters. The summed E-state index contributed by atoms with van der Waals surface area (Å²) in [6.45, 7) is 0. The monoisotopic (exact) mass is 302 g/mol. The van der Waals surface area contributed by atoms with Gasteiger partial charge in [0.25, 0.3) is 0 Å². The second-order valence-electron chi connectivity index (χ2n) is 5.23. The molecule has 0 spiro atoms. The molecule has 3 nitrogen and oxygen atoms in total. The number of para-hydroxylation sites is 1. The van der Waals surface area contributed by atoms with Crippen LogP contribution in [0, 0.1) is 0 Å². The van der Waals surface area contributed by atoms with Crippen molar-refractivity contribution in [3.8, 4) is 0 Å². The van der Waals surface area contributed by atoms with Gasteiger partial charge in [0.1, 0.15) is 0 Å². The third kappa shape index (κ3) is 3.47. The average molecular weight is 302 g/mol. The van der Waals surface area contributed by atoms with E-state index in [0.29, 0.717) is 0 Å². The van der Waals surface area contributed by atoms with Crippen LogP contribution >= 0.6 is 0 Å². The van der Waals surface area contributed by atoms with E-state index in [-0.39, 0.29) is 0 Å². The van der Waals surface area contributed by atoms with Crippen molar-refractivity contribution >= 4 is 11.9 Å². The van der Waals surface area contributed by atoms with Crippen molar-refractivity contribution in [3.63, 3.8) is 0 Å². The van der Waals surface area contributed by atoms with Crippen LogP contribution in [0.15, 0.2) is 96.1 Å².